The number of phenolic OH excluding ortho intramolecular Hbond substituents is 1. The van der Waals surface area contributed by atoms with Crippen molar-refractivity contribution >= 4 is 11.8 Å². The number of ether oxygens (including phenoxy) is 1. The summed E-state index contributed by atoms with van der Waals surface area (Å²) in [6.07, 6.45) is 0.290. The maximum atomic E-state index is 13.0. The molecular formula is C22H29N3O4. The molecule has 2 aromatic rings. The molecule has 156 valence electrons. The van der Waals surface area contributed by atoms with Gasteiger partial charge >= 0.3 is 0 Å². The number of para-hydroxylation sites is 1. The van der Waals surface area contributed by atoms with Crippen LogP contribution in [0.1, 0.15) is 23.6 Å². The third-order valence-corrected chi connectivity index (χ3v) is 4.93. The van der Waals surface area contributed by atoms with Crippen LogP contribution in [0.3, 0.4) is 0 Å². The molecule has 0 saturated carbocycles. The molecule has 0 unspecified atom stereocenters. The summed E-state index contributed by atoms with van der Waals surface area (Å²) in [5, 5.41) is 9.70. The van der Waals surface area contributed by atoms with E-state index in [4.69, 9.17) is 16.2 Å². The molecule has 0 bridgehead atoms. The Labute approximate surface area is 171 Å². The van der Waals surface area contributed by atoms with Crippen molar-refractivity contribution in [1.29, 1.82) is 0 Å². The van der Waals surface area contributed by atoms with Crippen LogP contribution in [-0.2, 0) is 16.0 Å². The van der Waals surface area contributed by atoms with E-state index < -0.39 is 18.0 Å². The Morgan fingerprint density at radius 3 is 2.28 bits per heavy atom. The first-order valence-corrected chi connectivity index (χ1v) is 9.53. The lowest BCUT2D eigenvalue weighted by Crippen LogP contribution is -2.53. The van der Waals surface area contributed by atoms with Crippen LogP contribution in [0.2, 0.25) is 0 Å². The van der Waals surface area contributed by atoms with Crippen molar-refractivity contribution in [1.82, 2.24) is 4.90 Å². The van der Waals surface area contributed by atoms with Crippen LogP contribution in [0.5, 0.6) is 11.5 Å². The van der Waals surface area contributed by atoms with Gasteiger partial charge in [-0.1, -0.05) is 18.2 Å². The van der Waals surface area contributed by atoms with Gasteiger partial charge in [-0.3, -0.25) is 9.59 Å². The molecule has 0 aliphatic carbocycles. The lowest BCUT2D eigenvalue weighted by Gasteiger charge is -2.30. The number of amides is 2. The van der Waals surface area contributed by atoms with E-state index in [9.17, 15) is 14.7 Å². The Kier molecular flexibility index (Phi) is 7.61. The van der Waals surface area contributed by atoms with Crippen molar-refractivity contribution in [2.45, 2.75) is 39.3 Å². The van der Waals surface area contributed by atoms with Crippen LogP contribution >= 0.6 is 0 Å². The molecule has 0 aliphatic heterocycles. The van der Waals surface area contributed by atoms with E-state index in [1.165, 1.54) is 4.90 Å². The van der Waals surface area contributed by atoms with Crippen LogP contribution in [0.15, 0.2) is 42.5 Å². The molecule has 0 heterocycles. The highest BCUT2D eigenvalue weighted by atomic mass is 16.5. The Hall–Kier alpha value is -3.06. The first-order chi connectivity index (χ1) is 13.7. The molecule has 29 heavy (non-hydrogen) atoms. The molecule has 2 atom stereocenters. The normalized spacial score (nSPS) is 12.8. The number of phenols is 1. The minimum Gasteiger partial charge on any atom is -0.508 e. The number of carbonyl (C=O) groups is 2. The van der Waals surface area contributed by atoms with Crippen LogP contribution in [-0.4, -0.2) is 47.1 Å². The zero-order chi connectivity index (χ0) is 21.6. The van der Waals surface area contributed by atoms with E-state index in [1.54, 1.807) is 19.1 Å². The fourth-order valence-corrected chi connectivity index (χ4v) is 3.24. The number of carbonyl (C=O) groups excluding carboxylic acids is 2. The van der Waals surface area contributed by atoms with Gasteiger partial charge in [0.2, 0.25) is 11.8 Å². The fraction of sp³-hybridized carbons (Fsp3) is 0.364. The van der Waals surface area contributed by atoms with Crippen LogP contribution in [0.25, 0.3) is 0 Å². The zero-order valence-electron chi connectivity index (χ0n) is 17.1. The minimum absolute atomic E-state index is 0.172. The van der Waals surface area contributed by atoms with Crippen LogP contribution < -0.4 is 16.2 Å². The highest BCUT2D eigenvalue weighted by molar-refractivity contribution is 5.89. The molecular weight excluding hydrogens is 370 g/mol. The molecule has 0 spiro atoms. The molecule has 7 heteroatoms. The number of benzene rings is 2. The summed E-state index contributed by atoms with van der Waals surface area (Å²) in [5.41, 5.74) is 14.2. The van der Waals surface area contributed by atoms with E-state index in [0.29, 0.717) is 5.75 Å². The summed E-state index contributed by atoms with van der Waals surface area (Å²) in [5.74, 6) is -0.140. The first-order valence-electron chi connectivity index (χ1n) is 9.53. The Balaban J connectivity index is 2.10. The maximum absolute atomic E-state index is 13.0. The van der Waals surface area contributed by atoms with Gasteiger partial charge < -0.3 is 26.2 Å². The largest absolute Gasteiger partial charge is 0.508 e. The predicted molar refractivity (Wildman–Crippen MR) is 112 cm³/mol. The smallest absolute Gasteiger partial charge is 0.240 e. The van der Waals surface area contributed by atoms with Gasteiger partial charge in [0.05, 0.1) is 12.6 Å². The maximum Gasteiger partial charge on any atom is 0.240 e. The zero-order valence-corrected chi connectivity index (χ0v) is 17.1. The predicted octanol–water partition coefficient (Wildman–Crippen LogP) is 1.66. The topological polar surface area (TPSA) is 119 Å². The first kappa shape index (κ1) is 22.2. The van der Waals surface area contributed by atoms with Crippen molar-refractivity contribution in [2.75, 3.05) is 13.2 Å². The second-order valence-corrected chi connectivity index (χ2v) is 7.14. The van der Waals surface area contributed by atoms with E-state index >= 15 is 0 Å². The molecule has 0 fully saturated rings. The summed E-state index contributed by atoms with van der Waals surface area (Å²) in [6, 6.07) is 10.8. The fourth-order valence-electron chi connectivity index (χ4n) is 3.24. The molecule has 2 amide bonds. The quantitative estimate of drug-likeness (QED) is 0.592. The van der Waals surface area contributed by atoms with Crippen LogP contribution in [0, 0.1) is 13.8 Å². The third-order valence-electron chi connectivity index (χ3n) is 4.93. The number of rotatable bonds is 9. The number of primary amides is 1. The Bertz CT molecular complexity index is 831. The van der Waals surface area contributed by atoms with Gasteiger partial charge in [-0.15, -0.1) is 0 Å². The summed E-state index contributed by atoms with van der Waals surface area (Å²) in [6.45, 7) is 5.68. The third kappa shape index (κ3) is 5.96. The molecule has 5 N–H and O–H groups in total. The van der Waals surface area contributed by atoms with Crippen molar-refractivity contribution in [3.05, 3.63) is 59.2 Å². The highest BCUT2D eigenvalue weighted by Gasteiger charge is 2.29. The summed E-state index contributed by atoms with van der Waals surface area (Å²) >= 11 is 0. The summed E-state index contributed by atoms with van der Waals surface area (Å²) in [7, 11) is 0. The van der Waals surface area contributed by atoms with Crippen molar-refractivity contribution < 1.29 is 19.4 Å². The number of aromatic hydroxyl groups is 1. The average Bonchev–Trinajstić information content (AvgIpc) is 2.67. The lowest BCUT2D eigenvalue weighted by atomic mass is 9.95. The van der Waals surface area contributed by atoms with Gasteiger partial charge in [-0.2, -0.15) is 0 Å². The molecule has 0 aromatic heterocycles. The number of nitrogens with zero attached hydrogens (tertiary/aromatic N) is 1. The molecule has 7 nitrogen and oxygen atoms in total. The number of hydrogen-bond donors (Lipinski definition) is 3. The number of aryl methyl sites for hydroxylation is 2. The highest BCUT2D eigenvalue weighted by Crippen LogP contribution is 2.22. The van der Waals surface area contributed by atoms with Gasteiger partial charge in [0, 0.05) is 0 Å². The van der Waals surface area contributed by atoms with Crippen molar-refractivity contribution in [3.8, 4) is 11.5 Å². The van der Waals surface area contributed by atoms with E-state index in [2.05, 4.69) is 0 Å². The second-order valence-electron chi connectivity index (χ2n) is 7.14. The van der Waals surface area contributed by atoms with Crippen molar-refractivity contribution in [2.24, 2.45) is 11.5 Å². The van der Waals surface area contributed by atoms with Crippen molar-refractivity contribution in [3.63, 3.8) is 0 Å². The molecule has 0 saturated heterocycles. The standard InChI is InChI=1S/C22H29N3O4/c1-14-11-17(26)12-15(2)19(14)13-20(23)22(28)25(16(3)21(24)27)9-10-29-18-7-5-4-6-8-18/h4-8,11-12,16,20,26H,9-10,13,23H2,1-3H3,(H2,24,27)/t16-,20+/m1/s1. The SMILES string of the molecule is Cc1cc(O)cc(C)c1C[C@H](N)C(=O)N(CCOc1ccccc1)[C@H](C)C(N)=O. The van der Waals surface area contributed by atoms with E-state index in [1.807, 2.05) is 44.2 Å². The molecule has 0 aliphatic rings. The van der Waals surface area contributed by atoms with Crippen LogP contribution in [0.4, 0.5) is 0 Å². The van der Waals surface area contributed by atoms with E-state index in [-0.39, 0.29) is 31.2 Å². The average molecular weight is 399 g/mol. The number of hydrogen-bond acceptors (Lipinski definition) is 5. The number of nitrogens with two attached hydrogens (primary N) is 2. The van der Waals surface area contributed by atoms with Gasteiger partial charge in [0.25, 0.3) is 0 Å². The molecule has 2 rings (SSSR count). The molecule has 2 aromatic carbocycles. The summed E-state index contributed by atoms with van der Waals surface area (Å²) in [4.78, 5) is 26.1. The Morgan fingerprint density at radius 1 is 1.14 bits per heavy atom. The molecule has 0 radical (unpaired) electrons. The van der Waals surface area contributed by atoms with Gasteiger partial charge in [0.1, 0.15) is 24.1 Å². The van der Waals surface area contributed by atoms with Gasteiger partial charge in [-0.25, -0.2) is 0 Å². The second kappa shape index (κ2) is 9.93. The summed E-state index contributed by atoms with van der Waals surface area (Å²) < 4.78 is 5.65. The monoisotopic (exact) mass is 399 g/mol. The van der Waals surface area contributed by atoms with E-state index in [0.717, 1.165) is 16.7 Å². The lowest BCUT2D eigenvalue weighted by molar-refractivity contribution is -0.140. The Morgan fingerprint density at radius 2 is 1.72 bits per heavy atom. The van der Waals surface area contributed by atoms with Gasteiger partial charge in [0.15, 0.2) is 0 Å². The van der Waals surface area contributed by atoms with Gasteiger partial charge in [-0.05, 0) is 68.1 Å². The minimum atomic E-state index is -0.851.